The first-order valence-electron chi connectivity index (χ1n) is 7.10. The summed E-state index contributed by atoms with van der Waals surface area (Å²) in [6, 6.07) is 6.92. The second-order valence-corrected chi connectivity index (χ2v) is 6.82. The third-order valence-electron chi connectivity index (χ3n) is 3.47. The molecule has 0 aromatic heterocycles. The predicted molar refractivity (Wildman–Crippen MR) is 82.3 cm³/mol. The number of allylic oxidation sites excluding steroid dienone is 2. The van der Waals surface area contributed by atoms with E-state index in [0.717, 1.165) is 25.1 Å². The van der Waals surface area contributed by atoms with E-state index in [1.807, 2.05) is 12.1 Å². The van der Waals surface area contributed by atoms with Crippen molar-refractivity contribution in [2.24, 2.45) is 5.92 Å². The number of benzene rings is 1. The van der Waals surface area contributed by atoms with Crippen LogP contribution in [0.25, 0.3) is 0 Å². The van der Waals surface area contributed by atoms with E-state index in [0.29, 0.717) is 17.4 Å². The highest BCUT2D eigenvalue weighted by molar-refractivity contribution is 7.89. The van der Waals surface area contributed by atoms with Crippen LogP contribution in [-0.2, 0) is 10.0 Å². The Morgan fingerprint density at radius 2 is 1.95 bits per heavy atom. The summed E-state index contributed by atoms with van der Waals surface area (Å²) in [7, 11) is -3.35. The van der Waals surface area contributed by atoms with Crippen molar-refractivity contribution >= 4 is 15.7 Å². The van der Waals surface area contributed by atoms with Gasteiger partial charge < -0.3 is 5.32 Å². The van der Waals surface area contributed by atoms with Crippen molar-refractivity contribution in [3.05, 3.63) is 36.4 Å². The molecule has 0 amide bonds. The van der Waals surface area contributed by atoms with Gasteiger partial charge in [0, 0.05) is 18.8 Å². The monoisotopic (exact) mass is 294 g/mol. The molecule has 1 aliphatic rings. The first-order chi connectivity index (χ1) is 9.62. The Hall–Kier alpha value is -1.33. The van der Waals surface area contributed by atoms with Crippen molar-refractivity contribution in [3.63, 3.8) is 0 Å². The minimum absolute atomic E-state index is 0.311. The first-order valence-corrected chi connectivity index (χ1v) is 8.58. The van der Waals surface area contributed by atoms with E-state index in [1.54, 1.807) is 19.1 Å². The molecule has 0 radical (unpaired) electrons. The summed E-state index contributed by atoms with van der Waals surface area (Å²) in [4.78, 5) is 0.311. The average molecular weight is 294 g/mol. The van der Waals surface area contributed by atoms with Gasteiger partial charge in [-0.1, -0.05) is 19.1 Å². The number of nitrogens with one attached hydrogen (secondary N) is 2. The van der Waals surface area contributed by atoms with Gasteiger partial charge >= 0.3 is 0 Å². The zero-order valence-electron chi connectivity index (χ0n) is 11.8. The van der Waals surface area contributed by atoms with E-state index in [1.165, 1.54) is 6.42 Å². The smallest absolute Gasteiger partial charge is 0.240 e. The summed E-state index contributed by atoms with van der Waals surface area (Å²) >= 11 is 0. The SMILES string of the molecule is CCNS(=O)(=O)c1ccc(NCC2CC=CCC2)cc1. The molecule has 0 bridgehead atoms. The van der Waals surface area contributed by atoms with E-state index in [9.17, 15) is 8.42 Å². The van der Waals surface area contributed by atoms with E-state index in [-0.39, 0.29) is 0 Å². The molecule has 2 N–H and O–H groups in total. The summed E-state index contributed by atoms with van der Waals surface area (Å²) in [5.74, 6) is 0.671. The minimum Gasteiger partial charge on any atom is -0.385 e. The Morgan fingerprint density at radius 1 is 1.20 bits per heavy atom. The summed E-state index contributed by atoms with van der Waals surface area (Å²) in [6.07, 6.45) is 7.97. The maximum atomic E-state index is 11.8. The molecule has 0 heterocycles. The van der Waals surface area contributed by atoms with Crippen molar-refractivity contribution in [2.45, 2.75) is 31.1 Å². The number of anilines is 1. The Labute approximate surface area is 121 Å². The lowest BCUT2D eigenvalue weighted by atomic mass is 9.94. The highest BCUT2D eigenvalue weighted by Crippen LogP contribution is 2.20. The highest BCUT2D eigenvalue weighted by Gasteiger charge is 2.12. The Kier molecular flexibility index (Phi) is 5.20. The normalized spacial score (nSPS) is 18.9. The zero-order valence-corrected chi connectivity index (χ0v) is 12.6. The second-order valence-electron chi connectivity index (χ2n) is 5.06. The minimum atomic E-state index is -3.35. The molecule has 1 unspecified atom stereocenters. The third kappa shape index (κ3) is 4.08. The van der Waals surface area contributed by atoms with Crippen molar-refractivity contribution in [1.29, 1.82) is 0 Å². The molecule has 110 valence electrons. The molecule has 0 saturated heterocycles. The largest absolute Gasteiger partial charge is 0.385 e. The Bertz CT molecular complexity index is 550. The van der Waals surface area contributed by atoms with Gasteiger partial charge in [-0.15, -0.1) is 0 Å². The molecule has 2 rings (SSSR count). The van der Waals surface area contributed by atoms with Crippen LogP contribution in [0, 0.1) is 5.92 Å². The molecule has 4 nitrogen and oxygen atoms in total. The van der Waals surface area contributed by atoms with Crippen molar-refractivity contribution in [2.75, 3.05) is 18.4 Å². The van der Waals surface area contributed by atoms with Crippen LogP contribution >= 0.6 is 0 Å². The molecule has 1 aliphatic carbocycles. The van der Waals surface area contributed by atoms with Gasteiger partial charge in [-0.25, -0.2) is 13.1 Å². The van der Waals surface area contributed by atoms with Gasteiger partial charge in [0.25, 0.3) is 0 Å². The van der Waals surface area contributed by atoms with Crippen molar-refractivity contribution < 1.29 is 8.42 Å². The van der Waals surface area contributed by atoms with Gasteiger partial charge in [-0.05, 0) is 49.4 Å². The molecular formula is C15H22N2O2S. The standard InChI is InChI=1S/C15H22N2O2S/c1-2-17-20(18,19)15-10-8-14(9-11-15)16-12-13-6-4-3-5-7-13/h3-4,8-11,13,16-17H,2,5-7,12H2,1H3. The number of sulfonamides is 1. The molecular weight excluding hydrogens is 272 g/mol. The molecule has 1 atom stereocenters. The maximum Gasteiger partial charge on any atom is 0.240 e. The Morgan fingerprint density at radius 3 is 2.55 bits per heavy atom. The number of hydrogen-bond donors (Lipinski definition) is 2. The lowest BCUT2D eigenvalue weighted by Gasteiger charge is -2.18. The molecule has 0 fully saturated rings. The van der Waals surface area contributed by atoms with Crippen LogP contribution in [0.5, 0.6) is 0 Å². The Balaban J connectivity index is 1.93. The third-order valence-corrected chi connectivity index (χ3v) is 5.03. The van der Waals surface area contributed by atoms with E-state index < -0.39 is 10.0 Å². The molecule has 0 saturated carbocycles. The number of hydrogen-bond acceptors (Lipinski definition) is 3. The van der Waals surface area contributed by atoms with Crippen LogP contribution in [0.15, 0.2) is 41.3 Å². The van der Waals surface area contributed by atoms with Gasteiger partial charge in [0.15, 0.2) is 0 Å². The lowest BCUT2D eigenvalue weighted by molar-refractivity contribution is 0.504. The fourth-order valence-electron chi connectivity index (χ4n) is 2.33. The van der Waals surface area contributed by atoms with E-state index in [2.05, 4.69) is 22.2 Å². The molecule has 0 aliphatic heterocycles. The van der Waals surface area contributed by atoms with Gasteiger partial charge in [0.05, 0.1) is 4.90 Å². The van der Waals surface area contributed by atoms with Crippen LogP contribution in [0.1, 0.15) is 26.2 Å². The predicted octanol–water partition coefficient (Wildman–Crippen LogP) is 2.75. The second kappa shape index (κ2) is 6.90. The maximum absolute atomic E-state index is 11.8. The fraction of sp³-hybridized carbons (Fsp3) is 0.467. The molecule has 20 heavy (non-hydrogen) atoms. The highest BCUT2D eigenvalue weighted by atomic mass is 32.2. The fourth-order valence-corrected chi connectivity index (χ4v) is 3.37. The van der Waals surface area contributed by atoms with Crippen LogP contribution in [-0.4, -0.2) is 21.5 Å². The van der Waals surface area contributed by atoms with Crippen molar-refractivity contribution in [3.8, 4) is 0 Å². The van der Waals surface area contributed by atoms with E-state index in [4.69, 9.17) is 0 Å². The molecule has 1 aromatic carbocycles. The number of rotatable bonds is 6. The van der Waals surface area contributed by atoms with Gasteiger partial charge in [-0.3, -0.25) is 0 Å². The summed E-state index contributed by atoms with van der Waals surface area (Å²) < 4.78 is 26.1. The summed E-state index contributed by atoms with van der Waals surface area (Å²) in [5.41, 5.74) is 0.968. The zero-order chi connectivity index (χ0) is 14.4. The average Bonchev–Trinajstić information content (AvgIpc) is 2.47. The van der Waals surface area contributed by atoms with Gasteiger partial charge in [0.2, 0.25) is 10.0 Å². The first kappa shape index (κ1) is 15.1. The molecule has 1 aromatic rings. The van der Waals surface area contributed by atoms with Crippen LogP contribution in [0.2, 0.25) is 0 Å². The topological polar surface area (TPSA) is 58.2 Å². The van der Waals surface area contributed by atoms with Gasteiger partial charge in [0.1, 0.15) is 0 Å². The summed E-state index contributed by atoms with van der Waals surface area (Å²) in [5, 5.41) is 3.38. The quantitative estimate of drug-likeness (QED) is 0.793. The van der Waals surface area contributed by atoms with Crippen LogP contribution in [0.4, 0.5) is 5.69 Å². The molecule has 0 spiro atoms. The van der Waals surface area contributed by atoms with Gasteiger partial charge in [-0.2, -0.15) is 0 Å². The lowest BCUT2D eigenvalue weighted by Crippen LogP contribution is -2.23. The van der Waals surface area contributed by atoms with Crippen LogP contribution in [0.3, 0.4) is 0 Å². The van der Waals surface area contributed by atoms with Crippen LogP contribution < -0.4 is 10.0 Å². The summed E-state index contributed by atoms with van der Waals surface area (Å²) in [6.45, 7) is 3.10. The van der Waals surface area contributed by atoms with E-state index >= 15 is 0 Å². The molecule has 5 heteroatoms. The van der Waals surface area contributed by atoms with Crippen molar-refractivity contribution in [1.82, 2.24) is 4.72 Å².